The molecule has 0 unspecified atom stereocenters. The van der Waals surface area contributed by atoms with Crippen LogP contribution in [0.3, 0.4) is 0 Å². The van der Waals surface area contributed by atoms with Gasteiger partial charge in [-0.2, -0.15) is 0 Å². The average Bonchev–Trinajstić information content (AvgIpc) is 3.45. The van der Waals surface area contributed by atoms with Gasteiger partial charge in [-0.25, -0.2) is 4.79 Å². The Kier molecular flexibility index (Phi) is 7.77. The van der Waals surface area contributed by atoms with Gasteiger partial charge >= 0.3 is 6.09 Å². The number of rotatable bonds is 8. The number of ether oxygens (including phenoxy) is 1. The maximum Gasteiger partial charge on any atom is 0.412 e. The summed E-state index contributed by atoms with van der Waals surface area (Å²) in [6.45, 7) is 8.16. The van der Waals surface area contributed by atoms with Gasteiger partial charge in [-0.05, 0) is 62.6 Å². The molecule has 5 nitrogen and oxygen atoms in total. The number of benzene rings is 1. The normalized spacial score (nSPS) is 17.0. The zero-order valence-corrected chi connectivity index (χ0v) is 19.9. The summed E-state index contributed by atoms with van der Waals surface area (Å²) in [5, 5.41) is 2.87. The average molecular weight is 438 g/mol. The zero-order chi connectivity index (χ0) is 22.3. The summed E-state index contributed by atoms with van der Waals surface area (Å²) in [6, 6.07) is 11.0. The molecule has 2 fully saturated rings. The van der Waals surface area contributed by atoms with Gasteiger partial charge < -0.3 is 19.5 Å². The van der Waals surface area contributed by atoms with Crippen molar-refractivity contribution in [3.05, 3.63) is 36.0 Å². The molecule has 1 aliphatic heterocycles. The van der Waals surface area contributed by atoms with Crippen LogP contribution in [-0.4, -0.2) is 30.3 Å². The highest BCUT2D eigenvalue weighted by Gasteiger charge is 2.21. The molecule has 1 amide bonds. The maximum absolute atomic E-state index is 12.3. The van der Waals surface area contributed by atoms with Gasteiger partial charge in [0.25, 0.3) is 0 Å². The first-order valence-corrected chi connectivity index (χ1v) is 12.7. The Hall–Kier alpha value is -2.43. The second-order valence-corrected chi connectivity index (χ2v) is 9.50. The fourth-order valence-corrected chi connectivity index (χ4v) is 5.15. The van der Waals surface area contributed by atoms with Crippen LogP contribution in [0, 0.1) is 12.8 Å². The number of nitrogens with one attached hydrogen (secondary N) is 1. The van der Waals surface area contributed by atoms with Gasteiger partial charge in [-0.15, -0.1) is 0 Å². The SMILES string of the molecule is CCCCNC(=O)Oc1cc(-c2ccc(N3CCCC3)cc2)n(CC2CCCCC2)c1C. The molecule has 0 bridgehead atoms. The van der Waals surface area contributed by atoms with E-state index in [1.54, 1.807) is 0 Å². The maximum atomic E-state index is 12.3. The van der Waals surface area contributed by atoms with E-state index in [4.69, 9.17) is 4.74 Å². The zero-order valence-electron chi connectivity index (χ0n) is 19.9. The summed E-state index contributed by atoms with van der Waals surface area (Å²) in [5.74, 6) is 1.37. The third-order valence-corrected chi connectivity index (χ3v) is 7.12. The van der Waals surface area contributed by atoms with E-state index >= 15 is 0 Å². The third kappa shape index (κ3) is 5.48. The minimum absolute atomic E-state index is 0.354. The number of unbranched alkanes of at least 4 members (excludes halogenated alkanes) is 1. The first kappa shape index (κ1) is 22.8. The molecule has 2 heterocycles. The highest BCUT2D eigenvalue weighted by Crippen LogP contribution is 2.35. The van der Waals surface area contributed by atoms with Crippen molar-refractivity contribution >= 4 is 11.8 Å². The van der Waals surface area contributed by atoms with E-state index in [1.807, 2.05) is 0 Å². The van der Waals surface area contributed by atoms with Gasteiger partial charge in [-0.3, -0.25) is 0 Å². The second kappa shape index (κ2) is 10.9. The molecule has 4 rings (SSSR count). The van der Waals surface area contributed by atoms with Gasteiger partial charge in [0, 0.05) is 37.9 Å². The Labute approximate surface area is 193 Å². The lowest BCUT2D eigenvalue weighted by Crippen LogP contribution is -2.27. The van der Waals surface area contributed by atoms with Gasteiger partial charge in [0.05, 0.1) is 11.4 Å². The largest absolute Gasteiger partial charge is 0.412 e. The Morgan fingerprint density at radius 3 is 2.47 bits per heavy atom. The van der Waals surface area contributed by atoms with Crippen molar-refractivity contribution in [2.75, 3.05) is 24.5 Å². The molecule has 1 aromatic carbocycles. The Morgan fingerprint density at radius 1 is 1.06 bits per heavy atom. The first-order valence-electron chi connectivity index (χ1n) is 12.7. The fourth-order valence-electron chi connectivity index (χ4n) is 5.15. The number of amides is 1. The molecule has 174 valence electrons. The highest BCUT2D eigenvalue weighted by molar-refractivity contribution is 5.73. The van der Waals surface area contributed by atoms with Crippen molar-refractivity contribution < 1.29 is 9.53 Å². The minimum atomic E-state index is -0.354. The lowest BCUT2D eigenvalue weighted by molar-refractivity contribution is 0.200. The van der Waals surface area contributed by atoms with E-state index in [0.29, 0.717) is 18.2 Å². The van der Waals surface area contributed by atoms with E-state index in [2.05, 4.69) is 59.0 Å². The molecule has 1 saturated heterocycles. The summed E-state index contributed by atoms with van der Waals surface area (Å²) in [4.78, 5) is 14.8. The molecular formula is C27H39N3O2. The smallest absolute Gasteiger partial charge is 0.408 e. The third-order valence-electron chi connectivity index (χ3n) is 7.12. The van der Waals surface area contributed by atoms with Crippen LogP contribution in [-0.2, 0) is 6.54 Å². The molecule has 32 heavy (non-hydrogen) atoms. The van der Waals surface area contributed by atoms with E-state index in [0.717, 1.165) is 43.9 Å². The molecule has 1 saturated carbocycles. The summed E-state index contributed by atoms with van der Waals surface area (Å²) in [6.07, 6.45) is 10.8. The van der Waals surface area contributed by atoms with Crippen LogP contribution >= 0.6 is 0 Å². The number of anilines is 1. The lowest BCUT2D eigenvalue weighted by Gasteiger charge is -2.24. The van der Waals surface area contributed by atoms with Crippen LogP contribution in [0.5, 0.6) is 5.75 Å². The van der Waals surface area contributed by atoms with Crippen LogP contribution in [0.4, 0.5) is 10.5 Å². The van der Waals surface area contributed by atoms with Crippen molar-refractivity contribution in [1.82, 2.24) is 9.88 Å². The summed E-state index contributed by atoms with van der Waals surface area (Å²) in [7, 11) is 0. The summed E-state index contributed by atoms with van der Waals surface area (Å²) < 4.78 is 8.13. The first-order chi connectivity index (χ1) is 15.7. The number of carbonyl (C=O) groups is 1. The van der Waals surface area contributed by atoms with Gasteiger partial charge in [0.1, 0.15) is 0 Å². The molecule has 2 aromatic rings. The van der Waals surface area contributed by atoms with Crippen LogP contribution in [0.15, 0.2) is 30.3 Å². The Bertz CT molecular complexity index is 875. The number of aromatic nitrogens is 1. The molecule has 1 N–H and O–H groups in total. The van der Waals surface area contributed by atoms with E-state index in [9.17, 15) is 4.79 Å². The van der Waals surface area contributed by atoms with Crippen molar-refractivity contribution in [3.63, 3.8) is 0 Å². The van der Waals surface area contributed by atoms with Crippen molar-refractivity contribution in [1.29, 1.82) is 0 Å². The van der Waals surface area contributed by atoms with E-state index in [-0.39, 0.29) is 6.09 Å². The van der Waals surface area contributed by atoms with E-state index < -0.39 is 0 Å². The number of hydrogen-bond donors (Lipinski definition) is 1. The molecular weight excluding hydrogens is 398 g/mol. The standard InChI is InChI=1S/C27H39N3O2/c1-3-4-16-28-27(31)32-26-19-25(30(21(26)2)20-22-10-6-5-7-11-22)23-12-14-24(15-13-23)29-17-8-9-18-29/h12-15,19,22H,3-11,16-18,20H2,1-2H3,(H,28,31). The predicted molar refractivity (Wildman–Crippen MR) is 132 cm³/mol. The van der Waals surface area contributed by atoms with Crippen molar-refractivity contribution in [3.8, 4) is 17.0 Å². The molecule has 1 aliphatic carbocycles. The highest BCUT2D eigenvalue weighted by atomic mass is 16.6. The van der Waals surface area contributed by atoms with Crippen LogP contribution in [0.25, 0.3) is 11.3 Å². The van der Waals surface area contributed by atoms with Crippen LogP contribution in [0.2, 0.25) is 0 Å². The van der Waals surface area contributed by atoms with E-state index in [1.165, 1.54) is 56.2 Å². The molecule has 5 heteroatoms. The Morgan fingerprint density at radius 2 is 1.78 bits per heavy atom. The topological polar surface area (TPSA) is 46.5 Å². The van der Waals surface area contributed by atoms with Crippen molar-refractivity contribution in [2.45, 2.75) is 78.2 Å². The summed E-state index contributed by atoms with van der Waals surface area (Å²) in [5.41, 5.74) is 4.69. The Balaban J connectivity index is 1.57. The quantitative estimate of drug-likeness (QED) is 0.477. The van der Waals surface area contributed by atoms with Gasteiger partial charge in [0.2, 0.25) is 0 Å². The second-order valence-electron chi connectivity index (χ2n) is 9.50. The van der Waals surface area contributed by atoms with Crippen LogP contribution in [0.1, 0.15) is 70.4 Å². The fraction of sp³-hybridized carbons (Fsp3) is 0.593. The predicted octanol–water partition coefficient (Wildman–Crippen LogP) is 6.53. The van der Waals surface area contributed by atoms with Gasteiger partial charge in [0.15, 0.2) is 5.75 Å². The number of hydrogen-bond acceptors (Lipinski definition) is 3. The van der Waals surface area contributed by atoms with Gasteiger partial charge in [-0.1, -0.05) is 44.7 Å². The van der Waals surface area contributed by atoms with Crippen LogP contribution < -0.4 is 15.0 Å². The lowest BCUT2D eigenvalue weighted by atomic mass is 9.89. The molecule has 1 aromatic heterocycles. The number of nitrogens with zero attached hydrogens (tertiary/aromatic N) is 2. The molecule has 0 atom stereocenters. The molecule has 0 spiro atoms. The molecule has 0 radical (unpaired) electrons. The monoisotopic (exact) mass is 437 g/mol. The van der Waals surface area contributed by atoms with Crippen molar-refractivity contribution in [2.24, 2.45) is 5.92 Å². The number of carbonyl (C=O) groups excluding carboxylic acids is 1. The minimum Gasteiger partial charge on any atom is -0.408 e. The summed E-state index contributed by atoms with van der Waals surface area (Å²) >= 11 is 0. The molecule has 2 aliphatic rings.